The van der Waals surface area contributed by atoms with E-state index in [2.05, 4.69) is 11.4 Å². The molecule has 6 nitrogen and oxygen atoms in total. The van der Waals surface area contributed by atoms with Crippen LogP contribution in [0.2, 0.25) is 0 Å². The number of rotatable bonds is 7. The number of urea groups is 1. The smallest absolute Gasteiger partial charge is 0.317 e. The predicted molar refractivity (Wildman–Crippen MR) is 99.1 cm³/mol. The zero-order chi connectivity index (χ0) is 18.4. The first-order valence-electron chi connectivity index (χ1n) is 8.66. The van der Waals surface area contributed by atoms with Crippen LogP contribution in [-0.2, 0) is 6.42 Å². The summed E-state index contributed by atoms with van der Waals surface area (Å²) >= 11 is 0. The van der Waals surface area contributed by atoms with Crippen LogP contribution in [0.3, 0.4) is 0 Å². The quantitative estimate of drug-likeness (QED) is 0.829. The van der Waals surface area contributed by atoms with Gasteiger partial charge in [-0.1, -0.05) is 18.2 Å². The van der Waals surface area contributed by atoms with Gasteiger partial charge in [0.1, 0.15) is 30.0 Å². The summed E-state index contributed by atoms with van der Waals surface area (Å²) in [5, 5.41) is 2.91. The molecule has 1 heterocycles. The summed E-state index contributed by atoms with van der Waals surface area (Å²) in [4.78, 5) is 13.8. The Balaban J connectivity index is 1.35. The number of likely N-dealkylation sites (N-methyl/N-ethyl adjacent to an activating group) is 1. The molecule has 1 N–H and O–H groups in total. The van der Waals surface area contributed by atoms with E-state index < -0.39 is 0 Å². The Labute approximate surface area is 153 Å². The SMILES string of the molecule is COc1ccc(OCCN(C)C(=O)NCC2Cc3ccccc3O2)cc1. The molecule has 0 saturated heterocycles. The van der Waals surface area contributed by atoms with Crippen molar-refractivity contribution in [3.05, 3.63) is 54.1 Å². The molecular formula is C20H24N2O4. The van der Waals surface area contributed by atoms with Gasteiger partial charge in [0.15, 0.2) is 0 Å². The number of methoxy groups -OCH3 is 1. The molecule has 0 bridgehead atoms. The van der Waals surface area contributed by atoms with Crippen molar-refractivity contribution in [1.29, 1.82) is 0 Å². The molecule has 1 atom stereocenters. The fourth-order valence-corrected chi connectivity index (χ4v) is 2.78. The highest BCUT2D eigenvalue weighted by molar-refractivity contribution is 5.73. The lowest BCUT2D eigenvalue weighted by atomic mass is 10.1. The molecule has 6 heteroatoms. The van der Waals surface area contributed by atoms with Gasteiger partial charge in [0, 0.05) is 13.5 Å². The van der Waals surface area contributed by atoms with E-state index >= 15 is 0 Å². The Kier molecular flexibility index (Phi) is 5.84. The third-order valence-corrected chi connectivity index (χ3v) is 4.30. The van der Waals surface area contributed by atoms with Crippen LogP contribution in [0.4, 0.5) is 4.79 Å². The van der Waals surface area contributed by atoms with Gasteiger partial charge in [-0.3, -0.25) is 0 Å². The largest absolute Gasteiger partial charge is 0.497 e. The molecule has 0 aliphatic carbocycles. The fourth-order valence-electron chi connectivity index (χ4n) is 2.78. The van der Waals surface area contributed by atoms with Crippen molar-refractivity contribution < 1.29 is 19.0 Å². The number of para-hydroxylation sites is 1. The molecule has 2 aromatic carbocycles. The van der Waals surface area contributed by atoms with Crippen LogP contribution in [0.1, 0.15) is 5.56 Å². The molecule has 0 radical (unpaired) electrons. The third-order valence-electron chi connectivity index (χ3n) is 4.30. The number of carbonyl (C=O) groups excluding carboxylic acids is 1. The van der Waals surface area contributed by atoms with Crippen LogP contribution in [0.5, 0.6) is 17.2 Å². The van der Waals surface area contributed by atoms with Crippen LogP contribution in [0.25, 0.3) is 0 Å². The number of hydrogen-bond donors (Lipinski definition) is 1. The van der Waals surface area contributed by atoms with E-state index in [9.17, 15) is 4.79 Å². The molecule has 0 aromatic heterocycles. The number of hydrogen-bond acceptors (Lipinski definition) is 4. The number of nitrogens with zero attached hydrogens (tertiary/aromatic N) is 1. The first-order valence-corrected chi connectivity index (χ1v) is 8.66. The monoisotopic (exact) mass is 356 g/mol. The Hall–Kier alpha value is -2.89. The van der Waals surface area contributed by atoms with Gasteiger partial charge in [0.2, 0.25) is 0 Å². The molecule has 0 saturated carbocycles. The van der Waals surface area contributed by atoms with Crippen molar-refractivity contribution in [1.82, 2.24) is 10.2 Å². The minimum Gasteiger partial charge on any atom is -0.497 e. The van der Waals surface area contributed by atoms with Gasteiger partial charge in [0.05, 0.1) is 20.2 Å². The van der Waals surface area contributed by atoms with Crippen LogP contribution in [0.15, 0.2) is 48.5 Å². The van der Waals surface area contributed by atoms with E-state index in [0.717, 1.165) is 23.7 Å². The van der Waals surface area contributed by atoms with Gasteiger partial charge in [-0.2, -0.15) is 0 Å². The Morgan fingerprint density at radius 3 is 2.65 bits per heavy atom. The zero-order valence-electron chi connectivity index (χ0n) is 15.1. The number of nitrogens with one attached hydrogen (secondary N) is 1. The average molecular weight is 356 g/mol. The summed E-state index contributed by atoms with van der Waals surface area (Å²) < 4.78 is 16.6. The molecule has 2 amide bonds. The number of carbonyl (C=O) groups is 1. The highest BCUT2D eigenvalue weighted by Gasteiger charge is 2.23. The molecule has 1 aliphatic rings. The second-order valence-electron chi connectivity index (χ2n) is 6.18. The lowest BCUT2D eigenvalue weighted by Crippen LogP contribution is -2.43. The van der Waals surface area contributed by atoms with Crippen molar-refractivity contribution in [2.24, 2.45) is 0 Å². The standard InChI is InChI=1S/C20H24N2O4/c1-22(11-12-25-17-9-7-16(24-2)8-10-17)20(23)21-14-18-13-15-5-3-4-6-19(15)26-18/h3-10,18H,11-14H2,1-2H3,(H,21,23). The molecular weight excluding hydrogens is 332 g/mol. The molecule has 26 heavy (non-hydrogen) atoms. The number of fused-ring (bicyclic) bond motifs is 1. The van der Waals surface area contributed by atoms with E-state index in [0.29, 0.717) is 19.7 Å². The van der Waals surface area contributed by atoms with Gasteiger partial charge >= 0.3 is 6.03 Å². The second-order valence-corrected chi connectivity index (χ2v) is 6.18. The number of benzene rings is 2. The number of ether oxygens (including phenoxy) is 3. The summed E-state index contributed by atoms with van der Waals surface area (Å²) in [6, 6.07) is 15.2. The maximum absolute atomic E-state index is 12.2. The van der Waals surface area contributed by atoms with Crippen molar-refractivity contribution in [2.75, 3.05) is 33.9 Å². The van der Waals surface area contributed by atoms with Gasteiger partial charge < -0.3 is 24.4 Å². The van der Waals surface area contributed by atoms with E-state index in [-0.39, 0.29) is 12.1 Å². The summed E-state index contributed by atoms with van der Waals surface area (Å²) in [6.45, 7) is 1.39. The van der Waals surface area contributed by atoms with E-state index in [1.165, 1.54) is 5.56 Å². The molecule has 1 unspecified atom stereocenters. The molecule has 3 rings (SSSR count). The lowest BCUT2D eigenvalue weighted by molar-refractivity contribution is 0.184. The summed E-state index contributed by atoms with van der Waals surface area (Å²) in [7, 11) is 3.37. The third kappa shape index (κ3) is 4.59. The van der Waals surface area contributed by atoms with Gasteiger partial charge in [-0.05, 0) is 35.9 Å². The summed E-state index contributed by atoms with van der Waals surface area (Å²) in [6.07, 6.45) is 0.807. The van der Waals surface area contributed by atoms with Gasteiger partial charge in [-0.15, -0.1) is 0 Å². The van der Waals surface area contributed by atoms with Crippen LogP contribution in [-0.4, -0.2) is 50.9 Å². The Bertz CT molecular complexity index is 708. The first kappa shape index (κ1) is 17.9. The molecule has 0 spiro atoms. The predicted octanol–water partition coefficient (Wildman–Crippen LogP) is 2.72. The highest BCUT2D eigenvalue weighted by atomic mass is 16.5. The number of amides is 2. The normalized spacial score (nSPS) is 14.9. The topological polar surface area (TPSA) is 60.0 Å². The van der Waals surface area contributed by atoms with E-state index in [4.69, 9.17) is 14.2 Å². The molecule has 1 aliphatic heterocycles. The Morgan fingerprint density at radius 2 is 1.92 bits per heavy atom. The molecule has 2 aromatic rings. The van der Waals surface area contributed by atoms with Crippen molar-refractivity contribution in [3.63, 3.8) is 0 Å². The fraction of sp³-hybridized carbons (Fsp3) is 0.350. The summed E-state index contributed by atoms with van der Waals surface area (Å²) in [5.41, 5.74) is 1.19. The van der Waals surface area contributed by atoms with Crippen LogP contribution >= 0.6 is 0 Å². The molecule has 138 valence electrons. The van der Waals surface area contributed by atoms with Crippen molar-refractivity contribution in [2.45, 2.75) is 12.5 Å². The van der Waals surface area contributed by atoms with Crippen LogP contribution < -0.4 is 19.5 Å². The van der Waals surface area contributed by atoms with Crippen LogP contribution in [0, 0.1) is 0 Å². The van der Waals surface area contributed by atoms with Gasteiger partial charge in [0.25, 0.3) is 0 Å². The van der Waals surface area contributed by atoms with E-state index in [1.807, 2.05) is 42.5 Å². The average Bonchev–Trinajstić information content (AvgIpc) is 3.09. The zero-order valence-corrected chi connectivity index (χ0v) is 15.1. The van der Waals surface area contributed by atoms with E-state index in [1.54, 1.807) is 19.1 Å². The summed E-state index contributed by atoms with van der Waals surface area (Å²) in [5.74, 6) is 2.44. The van der Waals surface area contributed by atoms with Crippen molar-refractivity contribution >= 4 is 6.03 Å². The van der Waals surface area contributed by atoms with Gasteiger partial charge in [-0.25, -0.2) is 4.79 Å². The second kappa shape index (κ2) is 8.47. The Morgan fingerprint density at radius 1 is 1.19 bits per heavy atom. The maximum atomic E-state index is 12.2. The minimum atomic E-state index is -0.136. The highest BCUT2D eigenvalue weighted by Crippen LogP contribution is 2.27. The first-order chi connectivity index (χ1) is 12.7. The lowest BCUT2D eigenvalue weighted by Gasteiger charge is -2.19. The maximum Gasteiger partial charge on any atom is 0.317 e. The molecule has 0 fully saturated rings. The van der Waals surface area contributed by atoms with Crippen molar-refractivity contribution in [3.8, 4) is 17.2 Å². The minimum absolute atomic E-state index is 0.0136.